The standard InChI is InChI=1S/C29H36ClN5O2S/c1-17-6-7-22(23(30)11-17)18(2)31-26-25-24(8-10-38-25)32-28(33-26)35-15-20(16-35)19-5-4-9-34(14-19)21-12-29(3,13-21)27(36)37/h6-8,10-11,18-21H,4-5,9,12-16H2,1-3H3,(H,36,37)(H,31,32,33)/t18-,19+,21-,29-/m1/s1. The van der Waals surface area contributed by atoms with Crippen molar-refractivity contribution in [2.75, 3.05) is 36.4 Å². The lowest BCUT2D eigenvalue weighted by atomic mass is 9.65. The number of hydrogen-bond acceptors (Lipinski definition) is 7. The fourth-order valence-corrected chi connectivity index (χ4v) is 7.68. The zero-order chi connectivity index (χ0) is 26.6. The van der Waals surface area contributed by atoms with Gasteiger partial charge in [0.15, 0.2) is 0 Å². The van der Waals surface area contributed by atoms with Crippen molar-refractivity contribution in [3.63, 3.8) is 0 Å². The third-order valence-corrected chi connectivity index (χ3v) is 10.3. The monoisotopic (exact) mass is 553 g/mol. The van der Waals surface area contributed by atoms with Crippen LogP contribution in [-0.4, -0.2) is 58.2 Å². The van der Waals surface area contributed by atoms with Gasteiger partial charge in [0.25, 0.3) is 0 Å². The highest BCUT2D eigenvalue weighted by Gasteiger charge is 2.49. The number of halogens is 1. The second-order valence-corrected chi connectivity index (χ2v) is 13.2. The molecule has 38 heavy (non-hydrogen) atoms. The maximum Gasteiger partial charge on any atom is 0.309 e. The first-order valence-corrected chi connectivity index (χ1v) is 15.0. The third kappa shape index (κ3) is 4.75. The van der Waals surface area contributed by atoms with Gasteiger partial charge >= 0.3 is 5.97 Å². The molecule has 0 unspecified atom stereocenters. The molecule has 3 aromatic rings. The van der Waals surface area contributed by atoms with Gasteiger partial charge in [-0.15, -0.1) is 11.3 Å². The fraction of sp³-hybridized carbons (Fsp3) is 0.552. The number of aromatic nitrogens is 2. The summed E-state index contributed by atoms with van der Waals surface area (Å²) in [6, 6.07) is 8.69. The molecule has 2 N–H and O–H groups in total. The van der Waals surface area contributed by atoms with E-state index in [0.717, 1.165) is 77.2 Å². The largest absolute Gasteiger partial charge is 0.481 e. The molecular formula is C29H36ClN5O2S. The summed E-state index contributed by atoms with van der Waals surface area (Å²) in [4.78, 5) is 26.3. The Hall–Kier alpha value is -2.42. The van der Waals surface area contributed by atoms with E-state index in [1.807, 2.05) is 19.9 Å². The number of fused-ring (bicyclic) bond motifs is 1. The maximum atomic E-state index is 11.5. The van der Waals surface area contributed by atoms with Crippen molar-refractivity contribution in [1.29, 1.82) is 0 Å². The van der Waals surface area contributed by atoms with Gasteiger partial charge in [-0.25, -0.2) is 4.98 Å². The van der Waals surface area contributed by atoms with E-state index >= 15 is 0 Å². The van der Waals surface area contributed by atoms with Crippen molar-refractivity contribution in [3.05, 3.63) is 45.8 Å². The number of likely N-dealkylation sites (tertiary alicyclic amines) is 1. The summed E-state index contributed by atoms with van der Waals surface area (Å²) in [6.45, 7) is 10.2. The van der Waals surface area contributed by atoms with Gasteiger partial charge in [-0.1, -0.05) is 23.7 Å². The second-order valence-electron chi connectivity index (χ2n) is 11.9. The van der Waals surface area contributed by atoms with Crippen molar-refractivity contribution in [1.82, 2.24) is 14.9 Å². The van der Waals surface area contributed by atoms with Crippen LogP contribution in [-0.2, 0) is 4.79 Å². The summed E-state index contributed by atoms with van der Waals surface area (Å²) in [6.07, 6.45) is 4.01. The lowest BCUT2D eigenvalue weighted by Gasteiger charge is -2.52. The third-order valence-electron chi connectivity index (χ3n) is 9.02. The van der Waals surface area contributed by atoms with E-state index in [2.05, 4.69) is 45.6 Å². The van der Waals surface area contributed by atoms with E-state index in [1.165, 1.54) is 12.8 Å². The van der Waals surface area contributed by atoms with Crippen molar-refractivity contribution in [3.8, 4) is 0 Å². The normalized spacial score (nSPS) is 27.1. The lowest BCUT2D eigenvalue weighted by Crippen LogP contribution is -2.58. The van der Waals surface area contributed by atoms with E-state index < -0.39 is 11.4 Å². The van der Waals surface area contributed by atoms with Gasteiger partial charge in [0, 0.05) is 30.7 Å². The Kier molecular flexibility index (Phi) is 6.77. The minimum Gasteiger partial charge on any atom is -0.481 e. The Balaban J connectivity index is 1.11. The first-order chi connectivity index (χ1) is 18.2. The summed E-state index contributed by atoms with van der Waals surface area (Å²) in [5.74, 6) is 2.29. The number of piperidine rings is 1. The minimum absolute atomic E-state index is 0.0167. The molecule has 9 heteroatoms. The molecule has 0 bridgehead atoms. The molecule has 2 atom stereocenters. The summed E-state index contributed by atoms with van der Waals surface area (Å²) in [7, 11) is 0. The topological polar surface area (TPSA) is 81.6 Å². The molecule has 1 saturated carbocycles. The highest BCUT2D eigenvalue weighted by molar-refractivity contribution is 7.17. The van der Waals surface area contributed by atoms with Gasteiger partial charge in [-0.05, 0) is 93.5 Å². The number of rotatable bonds is 7. The Labute approximate surface area is 233 Å². The number of carboxylic acids is 1. The minimum atomic E-state index is -0.648. The maximum absolute atomic E-state index is 11.5. The zero-order valence-corrected chi connectivity index (χ0v) is 23.9. The van der Waals surface area contributed by atoms with Crippen LogP contribution >= 0.6 is 22.9 Å². The smallest absolute Gasteiger partial charge is 0.309 e. The van der Waals surface area contributed by atoms with Crippen molar-refractivity contribution < 1.29 is 9.90 Å². The average molecular weight is 554 g/mol. The second kappa shape index (κ2) is 9.96. The molecule has 0 amide bonds. The Morgan fingerprint density at radius 3 is 2.74 bits per heavy atom. The Morgan fingerprint density at radius 1 is 1.21 bits per heavy atom. The summed E-state index contributed by atoms with van der Waals surface area (Å²) < 4.78 is 1.07. The summed E-state index contributed by atoms with van der Waals surface area (Å²) >= 11 is 8.21. The molecule has 7 nitrogen and oxygen atoms in total. The van der Waals surface area contributed by atoms with Gasteiger partial charge in [-0.3, -0.25) is 4.79 Å². The molecule has 3 aliphatic rings. The molecule has 6 rings (SSSR count). The van der Waals surface area contributed by atoms with Crippen LogP contribution in [0.25, 0.3) is 10.2 Å². The fourth-order valence-electron chi connectivity index (χ4n) is 6.50. The number of aliphatic carboxylic acids is 1. The molecular weight excluding hydrogens is 518 g/mol. The highest BCUT2D eigenvalue weighted by atomic mass is 35.5. The molecule has 0 radical (unpaired) electrons. The Bertz CT molecular complexity index is 1350. The number of hydrogen-bond donors (Lipinski definition) is 2. The van der Waals surface area contributed by atoms with Crippen LogP contribution in [0.15, 0.2) is 29.6 Å². The van der Waals surface area contributed by atoms with Crippen LogP contribution in [0, 0.1) is 24.2 Å². The summed E-state index contributed by atoms with van der Waals surface area (Å²) in [5, 5.41) is 15.9. The quantitative estimate of drug-likeness (QED) is 0.359. The number of anilines is 2. The molecule has 2 saturated heterocycles. The van der Waals surface area contributed by atoms with Gasteiger partial charge in [0.05, 0.1) is 21.7 Å². The van der Waals surface area contributed by atoms with Gasteiger partial charge in [0.1, 0.15) is 5.82 Å². The van der Waals surface area contributed by atoms with Crippen molar-refractivity contribution in [2.45, 2.75) is 58.5 Å². The molecule has 3 fully saturated rings. The molecule has 4 heterocycles. The van der Waals surface area contributed by atoms with Crippen LogP contribution < -0.4 is 10.2 Å². The Morgan fingerprint density at radius 2 is 2.00 bits per heavy atom. The van der Waals surface area contributed by atoms with Crippen LogP contribution in [0.2, 0.25) is 5.02 Å². The predicted molar refractivity (Wildman–Crippen MR) is 154 cm³/mol. The lowest BCUT2D eigenvalue weighted by molar-refractivity contribution is -0.158. The van der Waals surface area contributed by atoms with Crippen LogP contribution in [0.4, 0.5) is 11.8 Å². The summed E-state index contributed by atoms with van der Waals surface area (Å²) in [5.41, 5.74) is 2.65. The van der Waals surface area contributed by atoms with E-state index in [0.29, 0.717) is 17.9 Å². The number of benzene rings is 1. The first kappa shape index (κ1) is 25.8. The van der Waals surface area contributed by atoms with Gasteiger partial charge in [-0.2, -0.15) is 4.98 Å². The number of carbonyl (C=O) groups is 1. The molecule has 2 aromatic heterocycles. The number of carboxylic acid groups (broad SMARTS) is 1. The number of aryl methyl sites for hydroxylation is 1. The zero-order valence-electron chi connectivity index (χ0n) is 22.3. The molecule has 1 aromatic carbocycles. The van der Waals surface area contributed by atoms with E-state index in [-0.39, 0.29) is 6.04 Å². The van der Waals surface area contributed by atoms with Crippen LogP contribution in [0.3, 0.4) is 0 Å². The van der Waals surface area contributed by atoms with Crippen LogP contribution in [0.1, 0.15) is 56.7 Å². The molecule has 1 aliphatic carbocycles. The highest BCUT2D eigenvalue weighted by Crippen LogP contribution is 2.45. The first-order valence-electron chi connectivity index (χ1n) is 13.7. The molecule has 2 aliphatic heterocycles. The SMILES string of the molecule is Cc1ccc([C@@H](C)Nc2nc(N3CC([C@H]4CCCN([C@H]5C[C@](C)(C(=O)O)C5)C4)C3)nc3ccsc23)c(Cl)c1. The van der Waals surface area contributed by atoms with Crippen molar-refractivity contribution in [2.24, 2.45) is 17.3 Å². The molecule has 0 spiro atoms. The van der Waals surface area contributed by atoms with E-state index in [1.54, 1.807) is 11.3 Å². The van der Waals surface area contributed by atoms with Crippen molar-refractivity contribution >= 4 is 50.9 Å². The van der Waals surface area contributed by atoms with Gasteiger partial charge < -0.3 is 20.2 Å². The van der Waals surface area contributed by atoms with E-state index in [9.17, 15) is 9.90 Å². The number of nitrogens with zero attached hydrogens (tertiary/aromatic N) is 4. The number of nitrogens with one attached hydrogen (secondary N) is 1. The van der Waals surface area contributed by atoms with Crippen LogP contribution in [0.5, 0.6) is 0 Å². The predicted octanol–water partition coefficient (Wildman–Crippen LogP) is 6.23. The van der Waals surface area contributed by atoms with E-state index in [4.69, 9.17) is 21.6 Å². The number of thiophene rings is 1. The average Bonchev–Trinajstić information content (AvgIpc) is 3.30. The molecule has 202 valence electrons. The van der Waals surface area contributed by atoms with Gasteiger partial charge in [0.2, 0.25) is 5.95 Å².